The Hall–Kier alpha value is -0.690. The SMILES string of the molecule is NCC1(c2ccc(C(F)(F)F)s2)CC1(F)F. The van der Waals surface area contributed by atoms with Gasteiger partial charge in [0, 0.05) is 17.8 Å². The van der Waals surface area contributed by atoms with Gasteiger partial charge in [-0.25, -0.2) is 8.78 Å². The predicted octanol–water partition coefficient (Wildman–Crippen LogP) is 3.00. The van der Waals surface area contributed by atoms with Crippen LogP contribution in [0.1, 0.15) is 16.2 Å². The Labute approximate surface area is 92.1 Å². The third-order valence-corrected chi connectivity index (χ3v) is 4.14. The van der Waals surface area contributed by atoms with E-state index in [4.69, 9.17) is 5.73 Å². The number of rotatable bonds is 2. The van der Waals surface area contributed by atoms with Crippen molar-refractivity contribution in [3.05, 3.63) is 21.9 Å². The van der Waals surface area contributed by atoms with Gasteiger partial charge in [0.1, 0.15) is 4.88 Å². The molecule has 1 fully saturated rings. The van der Waals surface area contributed by atoms with Gasteiger partial charge < -0.3 is 5.73 Å². The Balaban J connectivity index is 2.33. The molecule has 2 rings (SSSR count). The highest BCUT2D eigenvalue weighted by atomic mass is 32.1. The van der Waals surface area contributed by atoms with Crippen molar-refractivity contribution in [1.29, 1.82) is 0 Å². The van der Waals surface area contributed by atoms with E-state index in [1.807, 2.05) is 0 Å². The molecule has 7 heteroatoms. The molecule has 2 N–H and O–H groups in total. The van der Waals surface area contributed by atoms with Crippen LogP contribution in [0.4, 0.5) is 22.0 Å². The van der Waals surface area contributed by atoms with Crippen LogP contribution in [-0.2, 0) is 11.6 Å². The summed E-state index contributed by atoms with van der Waals surface area (Å²) >= 11 is 0.351. The van der Waals surface area contributed by atoms with Gasteiger partial charge in [0.2, 0.25) is 0 Å². The first-order valence-corrected chi connectivity index (χ1v) is 5.30. The second kappa shape index (κ2) is 3.16. The Kier molecular flexibility index (Phi) is 2.33. The number of nitrogens with two attached hydrogens (primary N) is 1. The maximum atomic E-state index is 13.1. The van der Waals surface area contributed by atoms with Crippen molar-refractivity contribution in [2.24, 2.45) is 5.73 Å². The van der Waals surface area contributed by atoms with E-state index in [0.29, 0.717) is 11.3 Å². The van der Waals surface area contributed by atoms with Crippen LogP contribution in [0.5, 0.6) is 0 Å². The first-order valence-electron chi connectivity index (χ1n) is 4.48. The summed E-state index contributed by atoms with van der Waals surface area (Å²) in [5.41, 5.74) is 3.67. The van der Waals surface area contributed by atoms with Gasteiger partial charge in [-0.1, -0.05) is 0 Å². The third kappa shape index (κ3) is 1.53. The van der Waals surface area contributed by atoms with Gasteiger partial charge in [0.15, 0.2) is 0 Å². The summed E-state index contributed by atoms with van der Waals surface area (Å²) < 4.78 is 63.1. The molecular weight excluding hydrogens is 249 g/mol. The lowest BCUT2D eigenvalue weighted by atomic mass is 10.1. The zero-order valence-electron chi connectivity index (χ0n) is 7.94. The van der Waals surface area contributed by atoms with Gasteiger partial charge in [-0.15, -0.1) is 11.3 Å². The zero-order valence-corrected chi connectivity index (χ0v) is 8.76. The molecule has 16 heavy (non-hydrogen) atoms. The van der Waals surface area contributed by atoms with Crippen LogP contribution in [0.15, 0.2) is 12.1 Å². The lowest BCUT2D eigenvalue weighted by Crippen LogP contribution is -2.25. The first-order chi connectivity index (χ1) is 7.23. The molecule has 0 spiro atoms. The van der Waals surface area contributed by atoms with Crippen molar-refractivity contribution in [2.45, 2.75) is 23.9 Å². The smallest absolute Gasteiger partial charge is 0.329 e. The van der Waals surface area contributed by atoms with Gasteiger partial charge in [-0.3, -0.25) is 0 Å². The highest BCUT2D eigenvalue weighted by molar-refractivity contribution is 7.12. The molecule has 1 nitrogen and oxygen atoms in total. The molecule has 1 aliphatic rings. The molecule has 0 aliphatic heterocycles. The fraction of sp³-hybridized carbons (Fsp3) is 0.556. The number of thiophene rings is 1. The molecule has 1 atom stereocenters. The molecule has 1 unspecified atom stereocenters. The van der Waals surface area contributed by atoms with Crippen LogP contribution >= 0.6 is 11.3 Å². The summed E-state index contributed by atoms with van der Waals surface area (Å²) in [6.45, 7) is -0.336. The minimum atomic E-state index is -4.48. The number of hydrogen-bond acceptors (Lipinski definition) is 2. The summed E-state index contributed by atoms with van der Waals surface area (Å²) in [5.74, 6) is -2.98. The summed E-state index contributed by atoms with van der Waals surface area (Å²) in [5, 5.41) is 0. The molecular formula is C9H8F5NS. The minimum absolute atomic E-state index is 0.0207. The third-order valence-electron chi connectivity index (χ3n) is 2.80. The Morgan fingerprint density at radius 2 is 1.88 bits per heavy atom. The van der Waals surface area contributed by atoms with Crippen molar-refractivity contribution in [1.82, 2.24) is 0 Å². The van der Waals surface area contributed by atoms with Crippen LogP contribution in [-0.4, -0.2) is 12.5 Å². The molecule has 0 bridgehead atoms. The molecule has 1 aromatic heterocycles. The van der Waals surface area contributed by atoms with E-state index in [1.54, 1.807) is 0 Å². The highest BCUT2D eigenvalue weighted by Crippen LogP contribution is 2.62. The van der Waals surface area contributed by atoms with Crippen molar-refractivity contribution in [3.63, 3.8) is 0 Å². The normalized spacial score (nSPS) is 28.1. The maximum Gasteiger partial charge on any atom is 0.425 e. The molecule has 0 saturated heterocycles. The van der Waals surface area contributed by atoms with Crippen molar-refractivity contribution >= 4 is 11.3 Å². The molecule has 0 radical (unpaired) electrons. The largest absolute Gasteiger partial charge is 0.425 e. The van der Waals surface area contributed by atoms with Gasteiger partial charge >= 0.3 is 6.18 Å². The number of halogens is 5. The van der Waals surface area contributed by atoms with E-state index in [1.165, 1.54) is 0 Å². The Morgan fingerprint density at radius 3 is 2.19 bits per heavy atom. The summed E-state index contributed by atoms with van der Waals surface area (Å²) in [7, 11) is 0. The molecule has 90 valence electrons. The van der Waals surface area contributed by atoms with E-state index in [9.17, 15) is 22.0 Å². The lowest BCUT2D eigenvalue weighted by Gasteiger charge is -2.11. The van der Waals surface area contributed by atoms with E-state index in [-0.39, 0.29) is 11.4 Å². The van der Waals surface area contributed by atoms with Crippen molar-refractivity contribution in [2.75, 3.05) is 6.54 Å². The fourth-order valence-corrected chi connectivity index (χ4v) is 2.80. The summed E-state index contributed by atoms with van der Waals surface area (Å²) in [4.78, 5) is -0.842. The second-order valence-corrected chi connectivity index (χ2v) is 4.91. The van der Waals surface area contributed by atoms with E-state index < -0.39 is 28.8 Å². The maximum absolute atomic E-state index is 13.1. The highest BCUT2D eigenvalue weighted by Gasteiger charge is 2.71. The Morgan fingerprint density at radius 1 is 1.31 bits per heavy atom. The van der Waals surface area contributed by atoms with Crippen molar-refractivity contribution < 1.29 is 22.0 Å². The molecule has 0 aromatic carbocycles. The number of hydrogen-bond donors (Lipinski definition) is 1. The topological polar surface area (TPSA) is 26.0 Å². The molecule has 1 heterocycles. The van der Waals surface area contributed by atoms with Crippen LogP contribution in [0.25, 0.3) is 0 Å². The fourth-order valence-electron chi connectivity index (χ4n) is 1.67. The van der Waals surface area contributed by atoms with Crippen LogP contribution in [0.2, 0.25) is 0 Å². The first kappa shape index (κ1) is 11.8. The van der Waals surface area contributed by atoms with E-state index in [2.05, 4.69) is 0 Å². The zero-order chi connectivity index (χ0) is 12.2. The average Bonchev–Trinajstić information content (AvgIpc) is 2.59. The van der Waals surface area contributed by atoms with Crippen LogP contribution in [0, 0.1) is 0 Å². The Bertz CT molecular complexity index is 410. The second-order valence-electron chi connectivity index (χ2n) is 3.83. The van der Waals surface area contributed by atoms with Gasteiger partial charge in [0.05, 0.1) is 5.41 Å². The van der Waals surface area contributed by atoms with Crippen LogP contribution < -0.4 is 5.73 Å². The average molecular weight is 257 g/mol. The standard InChI is InChI=1S/C9H8F5NS/c10-8(11)3-7(8,4-15)5-1-2-6(16-5)9(12,13)14/h1-2H,3-4,15H2. The van der Waals surface area contributed by atoms with Gasteiger partial charge in [-0.05, 0) is 12.1 Å². The summed E-state index contributed by atoms with van der Waals surface area (Å²) in [6, 6.07) is 1.92. The summed E-state index contributed by atoms with van der Waals surface area (Å²) in [6.07, 6.45) is -4.95. The minimum Gasteiger partial charge on any atom is -0.329 e. The number of alkyl halides is 5. The lowest BCUT2D eigenvalue weighted by molar-refractivity contribution is -0.134. The predicted molar refractivity (Wildman–Crippen MR) is 49.6 cm³/mol. The van der Waals surface area contributed by atoms with Crippen molar-refractivity contribution in [3.8, 4) is 0 Å². The van der Waals surface area contributed by atoms with Gasteiger partial charge in [0.25, 0.3) is 5.92 Å². The van der Waals surface area contributed by atoms with E-state index >= 15 is 0 Å². The molecule has 0 amide bonds. The molecule has 1 aromatic rings. The quantitative estimate of drug-likeness (QED) is 0.810. The van der Waals surface area contributed by atoms with Crippen LogP contribution in [0.3, 0.4) is 0 Å². The molecule has 1 saturated carbocycles. The van der Waals surface area contributed by atoms with Gasteiger partial charge in [-0.2, -0.15) is 13.2 Å². The monoisotopic (exact) mass is 257 g/mol. The molecule has 1 aliphatic carbocycles. The van der Waals surface area contributed by atoms with E-state index in [0.717, 1.165) is 12.1 Å².